The second-order valence-electron chi connectivity index (χ2n) is 3.36. The van der Waals surface area contributed by atoms with Crippen molar-refractivity contribution >= 4 is 5.97 Å². The third-order valence-electron chi connectivity index (χ3n) is 1.86. The molecule has 0 fully saturated rings. The second-order valence-corrected chi connectivity index (χ2v) is 3.36. The molecule has 0 aromatic heterocycles. The zero-order chi connectivity index (χ0) is 13.7. The van der Waals surface area contributed by atoms with Crippen molar-refractivity contribution < 1.29 is 36.2 Å². The summed E-state index contributed by atoms with van der Waals surface area (Å²) in [6, 6.07) is 0. The van der Waals surface area contributed by atoms with Crippen molar-refractivity contribution in [3.8, 4) is 0 Å². The molecule has 1 unspecified atom stereocenters. The van der Waals surface area contributed by atoms with Gasteiger partial charge in [0.1, 0.15) is 0 Å². The van der Waals surface area contributed by atoms with Crippen LogP contribution in [-0.4, -0.2) is 36.5 Å². The van der Waals surface area contributed by atoms with E-state index in [0.29, 0.717) is 0 Å². The Morgan fingerprint density at radius 3 is 2.06 bits per heavy atom. The highest BCUT2D eigenvalue weighted by atomic mass is 19.4. The molecule has 0 aliphatic carbocycles. The molecule has 0 saturated carbocycles. The molecule has 0 aliphatic heterocycles. The summed E-state index contributed by atoms with van der Waals surface area (Å²) < 4.78 is 71.2. The molecule has 9 heteroatoms. The molecule has 17 heavy (non-hydrogen) atoms. The van der Waals surface area contributed by atoms with Gasteiger partial charge in [-0.3, -0.25) is 4.79 Å². The molecule has 0 bridgehead atoms. The van der Waals surface area contributed by atoms with E-state index in [0.717, 1.165) is 0 Å². The van der Waals surface area contributed by atoms with E-state index in [2.05, 4.69) is 0 Å². The predicted octanol–water partition coefficient (Wildman–Crippen LogP) is 2.18. The summed E-state index contributed by atoms with van der Waals surface area (Å²) in [6.45, 7) is -1.25. The number of hydrogen-bond donors (Lipinski definition) is 2. The van der Waals surface area contributed by atoms with Gasteiger partial charge in [0, 0.05) is 13.0 Å². The summed E-state index contributed by atoms with van der Waals surface area (Å²) in [7, 11) is 0. The lowest BCUT2D eigenvalue weighted by atomic mass is 10.1. The first kappa shape index (κ1) is 16.0. The molecule has 0 spiro atoms. The van der Waals surface area contributed by atoms with Gasteiger partial charge >= 0.3 is 18.3 Å². The molecule has 1 atom stereocenters. The lowest BCUT2D eigenvalue weighted by molar-refractivity contribution is -0.192. The number of alkyl halides is 6. The van der Waals surface area contributed by atoms with Crippen LogP contribution in [0.2, 0.25) is 0 Å². The van der Waals surface area contributed by atoms with Crippen molar-refractivity contribution in [3.05, 3.63) is 0 Å². The van der Waals surface area contributed by atoms with Gasteiger partial charge in [0.25, 0.3) is 0 Å². The van der Waals surface area contributed by atoms with Gasteiger partial charge in [-0.05, 0) is 13.0 Å². The summed E-state index contributed by atoms with van der Waals surface area (Å²) in [5.41, 5.74) is 0. The van der Waals surface area contributed by atoms with Gasteiger partial charge in [-0.2, -0.15) is 26.3 Å². The van der Waals surface area contributed by atoms with Crippen molar-refractivity contribution in [2.24, 2.45) is 5.92 Å². The Hall–Kier alpha value is -0.990. The van der Waals surface area contributed by atoms with Gasteiger partial charge in [-0.25, -0.2) is 0 Å². The number of aliphatic carboxylic acids is 1. The van der Waals surface area contributed by atoms with E-state index < -0.39 is 43.6 Å². The Morgan fingerprint density at radius 2 is 1.71 bits per heavy atom. The van der Waals surface area contributed by atoms with Crippen LogP contribution in [0.15, 0.2) is 0 Å². The molecule has 3 nitrogen and oxygen atoms in total. The summed E-state index contributed by atoms with van der Waals surface area (Å²) in [6.07, 6.45) is -10.8. The predicted molar refractivity (Wildman–Crippen MR) is 45.3 cm³/mol. The number of halogens is 6. The molecular weight excluding hydrogens is 256 g/mol. The van der Waals surface area contributed by atoms with Crippen molar-refractivity contribution in [2.75, 3.05) is 13.1 Å². The molecule has 0 aliphatic rings. The molecule has 102 valence electrons. The van der Waals surface area contributed by atoms with Crippen LogP contribution in [0.1, 0.15) is 12.8 Å². The third-order valence-corrected chi connectivity index (χ3v) is 1.86. The fourth-order valence-corrected chi connectivity index (χ4v) is 1.00. The van der Waals surface area contributed by atoms with Gasteiger partial charge in [0.15, 0.2) is 5.92 Å². The number of carbonyl (C=O) groups is 1. The quantitative estimate of drug-likeness (QED) is 0.573. The number of rotatable bonds is 6. The summed E-state index contributed by atoms with van der Waals surface area (Å²) >= 11 is 0. The van der Waals surface area contributed by atoms with E-state index >= 15 is 0 Å². The molecule has 0 aromatic carbocycles. The smallest absolute Gasteiger partial charge is 0.403 e. The minimum Gasteiger partial charge on any atom is -0.481 e. The fraction of sp³-hybridized carbons (Fsp3) is 0.875. The molecule has 0 heterocycles. The van der Waals surface area contributed by atoms with Crippen molar-refractivity contribution in [2.45, 2.75) is 25.2 Å². The maximum atomic E-state index is 12.1. The fourth-order valence-electron chi connectivity index (χ4n) is 1.00. The first-order valence-corrected chi connectivity index (χ1v) is 4.61. The van der Waals surface area contributed by atoms with Crippen LogP contribution in [0.5, 0.6) is 0 Å². The maximum absolute atomic E-state index is 12.1. The molecule has 0 aromatic rings. The zero-order valence-electron chi connectivity index (χ0n) is 8.53. The van der Waals surface area contributed by atoms with Gasteiger partial charge in [0.2, 0.25) is 0 Å². The largest absolute Gasteiger partial charge is 0.481 e. The zero-order valence-corrected chi connectivity index (χ0v) is 8.53. The molecule has 0 rings (SSSR count). The van der Waals surface area contributed by atoms with Gasteiger partial charge in [-0.1, -0.05) is 0 Å². The minimum atomic E-state index is -4.91. The Bertz CT molecular complexity index is 249. The highest BCUT2D eigenvalue weighted by Gasteiger charge is 2.44. The van der Waals surface area contributed by atoms with E-state index in [1.54, 1.807) is 0 Å². The van der Waals surface area contributed by atoms with Crippen molar-refractivity contribution in [1.82, 2.24) is 5.32 Å². The first-order valence-electron chi connectivity index (χ1n) is 4.61. The summed E-state index contributed by atoms with van der Waals surface area (Å²) in [5.74, 6) is -4.66. The summed E-state index contributed by atoms with van der Waals surface area (Å²) in [4.78, 5) is 10.2. The van der Waals surface area contributed by atoms with Crippen molar-refractivity contribution in [3.63, 3.8) is 0 Å². The highest BCUT2D eigenvalue weighted by molar-refractivity contribution is 5.71. The average Bonchev–Trinajstić information content (AvgIpc) is 2.05. The Morgan fingerprint density at radius 1 is 1.18 bits per heavy atom. The van der Waals surface area contributed by atoms with Gasteiger partial charge in [-0.15, -0.1) is 0 Å². The van der Waals surface area contributed by atoms with Gasteiger partial charge in [0.05, 0.1) is 0 Å². The Kier molecular flexibility index (Phi) is 5.73. The Labute approximate surface area is 92.8 Å². The minimum absolute atomic E-state index is 0.320. The van der Waals surface area contributed by atoms with Crippen LogP contribution in [0.4, 0.5) is 26.3 Å². The Balaban J connectivity index is 3.90. The molecule has 0 saturated heterocycles. The third kappa shape index (κ3) is 7.83. The van der Waals surface area contributed by atoms with E-state index in [4.69, 9.17) is 5.11 Å². The van der Waals surface area contributed by atoms with Crippen molar-refractivity contribution in [1.29, 1.82) is 0 Å². The molecular formula is C8H11F6NO2. The van der Waals surface area contributed by atoms with E-state index in [1.807, 2.05) is 5.32 Å². The van der Waals surface area contributed by atoms with Crippen LogP contribution in [0.25, 0.3) is 0 Å². The first-order chi connectivity index (χ1) is 7.54. The van der Waals surface area contributed by atoms with E-state index in [1.165, 1.54) is 0 Å². The number of carboxylic acid groups (broad SMARTS) is 1. The monoisotopic (exact) mass is 267 g/mol. The number of carboxylic acids is 1. The summed E-state index contributed by atoms with van der Waals surface area (Å²) in [5, 5.41) is 10.3. The van der Waals surface area contributed by atoms with Gasteiger partial charge < -0.3 is 10.4 Å². The average molecular weight is 267 g/mol. The SMILES string of the molecule is O=C(O)C(CNCCCC(F)(F)F)C(F)(F)F. The molecule has 0 amide bonds. The molecule has 0 radical (unpaired) electrons. The topological polar surface area (TPSA) is 49.3 Å². The van der Waals surface area contributed by atoms with E-state index in [9.17, 15) is 31.1 Å². The maximum Gasteiger partial charge on any atom is 0.403 e. The van der Waals surface area contributed by atoms with Crippen LogP contribution < -0.4 is 5.32 Å². The standard InChI is InChI=1S/C8H11F6NO2/c9-7(10,11)2-1-3-15-4-5(6(16)17)8(12,13)14/h5,15H,1-4H2,(H,16,17). The lowest BCUT2D eigenvalue weighted by Gasteiger charge is -2.16. The van der Waals surface area contributed by atoms with Crippen LogP contribution in [-0.2, 0) is 4.79 Å². The second kappa shape index (κ2) is 6.08. The number of hydrogen-bond acceptors (Lipinski definition) is 2. The van der Waals surface area contributed by atoms with Crippen LogP contribution in [0.3, 0.4) is 0 Å². The lowest BCUT2D eigenvalue weighted by Crippen LogP contribution is -2.39. The van der Waals surface area contributed by atoms with Crippen LogP contribution in [0, 0.1) is 5.92 Å². The van der Waals surface area contributed by atoms with Crippen LogP contribution >= 0.6 is 0 Å². The molecule has 2 N–H and O–H groups in total. The number of nitrogens with one attached hydrogen (secondary N) is 1. The normalized spacial score (nSPS) is 14.7. The van der Waals surface area contributed by atoms with E-state index in [-0.39, 0.29) is 6.54 Å². The highest BCUT2D eigenvalue weighted by Crippen LogP contribution is 2.26.